The molecular formula is C12H12N2O3. The first kappa shape index (κ1) is 10.1. The van der Waals surface area contributed by atoms with E-state index in [4.69, 9.17) is 4.74 Å². The summed E-state index contributed by atoms with van der Waals surface area (Å²) in [7, 11) is 1.48. The van der Waals surface area contributed by atoms with Gasteiger partial charge in [0, 0.05) is 12.0 Å². The van der Waals surface area contributed by atoms with Crippen molar-refractivity contribution in [2.45, 2.75) is 18.8 Å². The molecule has 5 nitrogen and oxygen atoms in total. The van der Waals surface area contributed by atoms with Gasteiger partial charge in [-0.3, -0.25) is 0 Å². The Bertz CT molecular complexity index is 594. The Balaban J connectivity index is 2.24. The topological polar surface area (TPSA) is 75.5 Å². The van der Waals surface area contributed by atoms with Crippen LogP contribution in [0.1, 0.15) is 24.6 Å². The number of phenols is 1. The van der Waals surface area contributed by atoms with E-state index in [0.717, 1.165) is 12.8 Å². The van der Waals surface area contributed by atoms with E-state index in [1.807, 2.05) is 0 Å². The van der Waals surface area contributed by atoms with Gasteiger partial charge in [-0.05, 0) is 18.9 Å². The number of benzene rings is 1. The Morgan fingerprint density at radius 2 is 2.00 bits per heavy atom. The largest absolute Gasteiger partial charge is 0.504 e. The van der Waals surface area contributed by atoms with E-state index in [9.17, 15) is 10.2 Å². The molecule has 1 aliphatic rings. The second-order valence-corrected chi connectivity index (χ2v) is 4.22. The smallest absolute Gasteiger partial charge is 0.222 e. The van der Waals surface area contributed by atoms with Gasteiger partial charge in [0.05, 0.1) is 18.0 Å². The molecule has 0 bridgehead atoms. The van der Waals surface area contributed by atoms with E-state index in [1.165, 1.54) is 13.2 Å². The highest BCUT2D eigenvalue weighted by Crippen LogP contribution is 2.41. The molecule has 1 aromatic heterocycles. The van der Waals surface area contributed by atoms with Crippen LogP contribution in [0.2, 0.25) is 0 Å². The lowest BCUT2D eigenvalue weighted by atomic mass is 10.2. The third-order valence-electron chi connectivity index (χ3n) is 2.94. The van der Waals surface area contributed by atoms with Gasteiger partial charge in [0.15, 0.2) is 11.5 Å². The number of ether oxygens (including phenoxy) is 1. The predicted octanol–water partition coefficient (Wildman–Crippen LogP) is 1.93. The first-order valence-corrected chi connectivity index (χ1v) is 5.46. The number of methoxy groups -OCH3 is 1. The maximum atomic E-state index is 9.81. The summed E-state index contributed by atoms with van der Waals surface area (Å²) in [6.07, 6.45) is 2.14. The highest BCUT2D eigenvalue weighted by molar-refractivity contribution is 5.86. The third kappa shape index (κ3) is 1.63. The summed E-state index contributed by atoms with van der Waals surface area (Å²) >= 11 is 0. The molecule has 0 amide bonds. The van der Waals surface area contributed by atoms with Crippen LogP contribution in [0.3, 0.4) is 0 Å². The van der Waals surface area contributed by atoms with Gasteiger partial charge in [0.25, 0.3) is 0 Å². The maximum Gasteiger partial charge on any atom is 0.222 e. The molecule has 88 valence electrons. The highest BCUT2D eigenvalue weighted by Gasteiger charge is 2.27. The summed E-state index contributed by atoms with van der Waals surface area (Å²) in [6.45, 7) is 0. The molecule has 0 radical (unpaired) electrons. The summed E-state index contributed by atoms with van der Waals surface area (Å²) < 4.78 is 5.02. The fraction of sp³-hybridized carbons (Fsp3) is 0.333. The summed E-state index contributed by atoms with van der Waals surface area (Å²) in [5.41, 5.74) is 0.592. The van der Waals surface area contributed by atoms with Crippen LogP contribution in [0.4, 0.5) is 0 Å². The molecule has 1 saturated carbocycles. The number of hydrogen-bond acceptors (Lipinski definition) is 5. The van der Waals surface area contributed by atoms with Crippen molar-refractivity contribution in [1.29, 1.82) is 0 Å². The molecule has 1 aliphatic carbocycles. The minimum Gasteiger partial charge on any atom is -0.504 e. The van der Waals surface area contributed by atoms with Gasteiger partial charge in [0.1, 0.15) is 5.82 Å². The number of nitrogens with zero attached hydrogens (tertiary/aromatic N) is 2. The predicted molar refractivity (Wildman–Crippen MR) is 61.4 cm³/mol. The molecule has 0 aliphatic heterocycles. The van der Waals surface area contributed by atoms with Gasteiger partial charge in [-0.15, -0.1) is 0 Å². The van der Waals surface area contributed by atoms with Crippen LogP contribution in [0.15, 0.2) is 12.1 Å². The molecule has 5 heteroatoms. The van der Waals surface area contributed by atoms with Crippen molar-refractivity contribution in [3.05, 3.63) is 18.0 Å². The Hall–Kier alpha value is -2.04. The van der Waals surface area contributed by atoms with Crippen LogP contribution in [0.25, 0.3) is 10.9 Å². The van der Waals surface area contributed by atoms with Gasteiger partial charge in [0.2, 0.25) is 5.88 Å². The lowest BCUT2D eigenvalue weighted by Crippen LogP contribution is -1.94. The van der Waals surface area contributed by atoms with Crippen molar-refractivity contribution in [3.63, 3.8) is 0 Å². The lowest BCUT2D eigenvalue weighted by Gasteiger charge is -2.07. The molecule has 0 spiro atoms. The second-order valence-electron chi connectivity index (χ2n) is 4.22. The van der Waals surface area contributed by atoms with Gasteiger partial charge < -0.3 is 14.9 Å². The molecular weight excluding hydrogens is 220 g/mol. The minimum atomic E-state index is -0.0881. The average Bonchev–Trinajstić information content (AvgIpc) is 3.13. The zero-order valence-corrected chi connectivity index (χ0v) is 9.34. The van der Waals surface area contributed by atoms with E-state index in [-0.39, 0.29) is 11.6 Å². The van der Waals surface area contributed by atoms with Crippen LogP contribution in [0, 0.1) is 0 Å². The number of rotatable bonds is 2. The van der Waals surface area contributed by atoms with Gasteiger partial charge >= 0.3 is 0 Å². The van der Waals surface area contributed by atoms with Crippen molar-refractivity contribution >= 4 is 10.9 Å². The molecule has 2 N–H and O–H groups in total. The van der Waals surface area contributed by atoms with Crippen molar-refractivity contribution in [1.82, 2.24) is 9.97 Å². The van der Waals surface area contributed by atoms with Crippen molar-refractivity contribution in [2.24, 2.45) is 0 Å². The van der Waals surface area contributed by atoms with Gasteiger partial charge in [-0.2, -0.15) is 4.98 Å². The van der Waals surface area contributed by atoms with Crippen LogP contribution in [0.5, 0.6) is 17.4 Å². The summed E-state index contributed by atoms with van der Waals surface area (Å²) in [6, 6.07) is 3.03. The van der Waals surface area contributed by atoms with E-state index >= 15 is 0 Å². The average molecular weight is 232 g/mol. The Labute approximate surface area is 97.7 Å². The Morgan fingerprint density at radius 3 is 2.65 bits per heavy atom. The molecule has 2 aromatic rings. The van der Waals surface area contributed by atoms with Crippen molar-refractivity contribution in [2.75, 3.05) is 7.11 Å². The van der Waals surface area contributed by atoms with Gasteiger partial charge in [-0.25, -0.2) is 4.98 Å². The number of fused-ring (bicyclic) bond motifs is 1. The SMILES string of the molecule is COc1cc2nc(C3CC3)nc(O)c2cc1O. The molecule has 1 fully saturated rings. The minimum absolute atomic E-state index is 0.0296. The zero-order valence-electron chi connectivity index (χ0n) is 9.34. The number of phenolic OH excluding ortho intramolecular Hbond substituents is 1. The standard InChI is InChI=1S/C12H12N2O3/c1-17-10-5-8-7(4-9(10)15)12(16)14-11(13-8)6-2-3-6/h4-6,15H,2-3H2,1H3,(H,13,14,16). The molecule has 1 heterocycles. The first-order valence-electron chi connectivity index (χ1n) is 5.46. The van der Waals surface area contributed by atoms with Crippen molar-refractivity contribution < 1.29 is 14.9 Å². The quantitative estimate of drug-likeness (QED) is 0.827. The second kappa shape index (κ2) is 3.48. The first-order chi connectivity index (χ1) is 8.19. The number of aromatic hydroxyl groups is 2. The monoisotopic (exact) mass is 232 g/mol. The van der Waals surface area contributed by atoms with Gasteiger partial charge in [-0.1, -0.05) is 0 Å². The molecule has 17 heavy (non-hydrogen) atoms. The lowest BCUT2D eigenvalue weighted by molar-refractivity contribution is 0.374. The van der Waals surface area contributed by atoms with E-state index < -0.39 is 0 Å². The van der Waals surface area contributed by atoms with Crippen LogP contribution >= 0.6 is 0 Å². The maximum absolute atomic E-state index is 9.81. The molecule has 3 rings (SSSR count). The highest BCUT2D eigenvalue weighted by atomic mass is 16.5. The Morgan fingerprint density at radius 1 is 1.24 bits per heavy atom. The number of hydrogen-bond donors (Lipinski definition) is 2. The molecule has 0 unspecified atom stereocenters. The fourth-order valence-corrected chi connectivity index (χ4v) is 1.83. The Kier molecular flexibility index (Phi) is 2.07. The van der Waals surface area contributed by atoms with E-state index in [0.29, 0.717) is 28.4 Å². The third-order valence-corrected chi connectivity index (χ3v) is 2.94. The van der Waals surface area contributed by atoms with E-state index in [1.54, 1.807) is 6.07 Å². The van der Waals surface area contributed by atoms with Crippen LogP contribution in [-0.2, 0) is 0 Å². The van der Waals surface area contributed by atoms with Crippen LogP contribution < -0.4 is 4.74 Å². The number of aromatic nitrogens is 2. The summed E-state index contributed by atoms with van der Waals surface area (Å²) in [5.74, 6) is 1.26. The van der Waals surface area contributed by atoms with Crippen molar-refractivity contribution in [3.8, 4) is 17.4 Å². The summed E-state index contributed by atoms with van der Waals surface area (Å²) in [5, 5.41) is 19.9. The zero-order chi connectivity index (χ0) is 12.0. The molecule has 1 aromatic carbocycles. The fourth-order valence-electron chi connectivity index (χ4n) is 1.83. The molecule has 0 atom stereocenters. The summed E-state index contributed by atoms with van der Waals surface area (Å²) in [4.78, 5) is 8.44. The normalized spacial score (nSPS) is 15.1. The van der Waals surface area contributed by atoms with Crippen LogP contribution in [-0.4, -0.2) is 27.3 Å². The van der Waals surface area contributed by atoms with E-state index in [2.05, 4.69) is 9.97 Å². The molecule has 0 saturated heterocycles.